The van der Waals surface area contributed by atoms with E-state index in [9.17, 15) is 0 Å². The Morgan fingerprint density at radius 2 is 1.40 bits per heavy atom. The molecule has 0 unspecified atom stereocenters. The molecule has 0 aliphatic rings. The van der Waals surface area contributed by atoms with Gasteiger partial charge in [0.2, 0.25) is 0 Å². The molecule has 0 saturated heterocycles. The maximum Gasteiger partial charge on any atom is 0.0804 e. The van der Waals surface area contributed by atoms with Gasteiger partial charge in [0.15, 0.2) is 0 Å². The number of pyridine rings is 1. The van der Waals surface area contributed by atoms with Gasteiger partial charge in [0, 0.05) is 11.8 Å². The zero-order valence-electron chi connectivity index (χ0n) is 16.1. The molecule has 1 aromatic heterocycles. The molecule has 0 saturated carbocycles. The van der Waals surface area contributed by atoms with E-state index in [0.717, 1.165) is 5.69 Å². The molecule has 0 amide bonds. The number of aromatic nitrogens is 1. The summed E-state index contributed by atoms with van der Waals surface area (Å²) >= 11 is 0. The van der Waals surface area contributed by atoms with Crippen LogP contribution >= 0.6 is 0 Å². The number of hydrogen-bond donors (Lipinski definition) is 0. The zero-order chi connectivity index (χ0) is 18.2. The molecule has 1 nitrogen and oxygen atoms in total. The van der Waals surface area contributed by atoms with E-state index >= 15 is 0 Å². The van der Waals surface area contributed by atoms with Gasteiger partial charge in [0.1, 0.15) is 0 Å². The standard InChI is InChI=1S/C23H27NSi/c1-16-10-12-19(13-11-16)21-14-20(22(15-24-21)25(4,5)6)23-17(2)8-7-9-18(23)3/h7-15H,1-6H3. The second-order valence-corrected chi connectivity index (χ2v) is 13.0. The predicted octanol–water partition coefficient (Wildman–Crippen LogP) is 5.89. The Balaban J connectivity index is 2.27. The Morgan fingerprint density at radius 3 is 1.96 bits per heavy atom. The van der Waals surface area contributed by atoms with E-state index in [1.54, 1.807) is 0 Å². The van der Waals surface area contributed by atoms with Gasteiger partial charge in [0.25, 0.3) is 0 Å². The lowest BCUT2D eigenvalue weighted by Gasteiger charge is -2.23. The van der Waals surface area contributed by atoms with Crippen LogP contribution in [0, 0.1) is 20.8 Å². The Morgan fingerprint density at radius 1 is 0.800 bits per heavy atom. The van der Waals surface area contributed by atoms with E-state index in [2.05, 4.69) is 95.1 Å². The quantitative estimate of drug-likeness (QED) is 0.540. The van der Waals surface area contributed by atoms with Crippen LogP contribution in [0.4, 0.5) is 0 Å². The van der Waals surface area contributed by atoms with Gasteiger partial charge in [0.05, 0.1) is 13.8 Å². The van der Waals surface area contributed by atoms with E-state index in [1.165, 1.54) is 38.6 Å². The van der Waals surface area contributed by atoms with Crippen LogP contribution in [0.1, 0.15) is 16.7 Å². The first kappa shape index (κ1) is 17.6. The minimum atomic E-state index is -1.50. The highest BCUT2D eigenvalue weighted by Crippen LogP contribution is 2.30. The number of benzene rings is 2. The van der Waals surface area contributed by atoms with Crippen molar-refractivity contribution in [2.45, 2.75) is 40.4 Å². The Bertz CT molecular complexity index is 882. The maximum atomic E-state index is 4.83. The van der Waals surface area contributed by atoms with Crippen molar-refractivity contribution in [2.75, 3.05) is 0 Å². The van der Waals surface area contributed by atoms with Crippen LogP contribution in [-0.4, -0.2) is 13.1 Å². The highest BCUT2D eigenvalue weighted by molar-refractivity contribution is 6.89. The number of rotatable bonds is 3. The summed E-state index contributed by atoms with van der Waals surface area (Å²) in [6, 6.07) is 17.5. The fourth-order valence-electron chi connectivity index (χ4n) is 3.38. The van der Waals surface area contributed by atoms with E-state index in [1.807, 2.05) is 0 Å². The normalized spacial score (nSPS) is 11.6. The highest BCUT2D eigenvalue weighted by Gasteiger charge is 2.23. The van der Waals surface area contributed by atoms with Gasteiger partial charge < -0.3 is 0 Å². The lowest BCUT2D eigenvalue weighted by Crippen LogP contribution is -2.39. The van der Waals surface area contributed by atoms with E-state index < -0.39 is 8.07 Å². The first-order valence-electron chi connectivity index (χ1n) is 8.91. The zero-order valence-corrected chi connectivity index (χ0v) is 17.1. The molecule has 0 atom stereocenters. The topological polar surface area (TPSA) is 12.9 Å². The number of hydrogen-bond acceptors (Lipinski definition) is 1. The van der Waals surface area contributed by atoms with Crippen LogP contribution in [0.3, 0.4) is 0 Å². The summed E-state index contributed by atoms with van der Waals surface area (Å²) in [4.78, 5) is 4.83. The van der Waals surface area contributed by atoms with Crippen LogP contribution in [-0.2, 0) is 0 Å². The Labute approximate surface area is 152 Å². The monoisotopic (exact) mass is 345 g/mol. The van der Waals surface area contributed by atoms with Crippen LogP contribution in [0.15, 0.2) is 54.7 Å². The van der Waals surface area contributed by atoms with Gasteiger partial charge >= 0.3 is 0 Å². The summed E-state index contributed by atoms with van der Waals surface area (Å²) in [7, 11) is -1.50. The lowest BCUT2D eigenvalue weighted by atomic mass is 9.95. The van der Waals surface area contributed by atoms with Gasteiger partial charge in [-0.3, -0.25) is 4.98 Å². The van der Waals surface area contributed by atoms with Crippen molar-refractivity contribution < 1.29 is 0 Å². The summed E-state index contributed by atoms with van der Waals surface area (Å²) in [5.74, 6) is 0. The van der Waals surface area contributed by atoms with Crippen molar-refractivity contribution in [3.05, 3.63) is 71.4 Å². The first-order valence-corrected chi connectivity index (χ1v) is 12.4. The molecule has 25 heavy (non-hydrogen) atoms. The average molecular weight is 346 g/mol. The molecule has 3 aromatic rings. The largest absolute Gasteiger partial charge is 0.256 e. The second kappa shape index (κ2) is 6.60. The molecule has 0 aliphatic heterocycles. The third-order valence-corrected chi connectivity index (χ3v) is 6.82. The second-order valence-electron chi connectivity index (χ2n) is 8.00. The molecule has 3 rings (SSSR count). The van der Waals surface area contributed by atoms with Gasteiger partial charge in [-0.25, -0.2) is 0 Å². The fourth-order valence-corrected chi connectivity index (χ4v) is 4.84. The molecule has 0 spiro atoms. The van der Waals surface area contributed by atoms with Crippen molar-refractivity contribution >= 4 is 13.3 Å². The van der Waals surface area contributed by atoms with Crippen molar-refractivity contribution in [1.29, 1.82) is 0 Å². The minimum absolute atomic E-state index is 1.06. The van der Waals surface area contributed by atoms with Crippen LogP contribution in [0.5, 0.6) is 0 Å². The summed E-state index contributed by atoms with van der Waals surface area (Å²) in [6.07, 6.45) is 2.13. The smallest absolute Gasteiger partial charge is 0.0804 e. The van der Waals surface area contributed by atoms with Gasteiger partial charge in [-0.15, -0.1) is 0 Å². The SMILES string of the molecule is Cc1ccc(-c2cc(-c3c(C)cccc3C)c([Si](C)(C)C)cn2)cc1. The predicted molar refractivity (Wildman–Crippen MR) is 112 cm³/mol. The number of nitrogens with zero attached hydrogens (tertiary/aromatic N) is 1. The molecular weight excluding hydrogens is 318 g/mol. The van der Waals surface area contributed by atoms with Crippen LogP contribution < -0.4 is 5.19 Å². The molecule has 0 radical (unpaired) electrons. The summed E-state index contributed by atoms with van der Waals surface area (Å²) < 4.78 is 0. The molecule has 1 heterocycles. The summed E-state index contributed by atoms with van der Waals surface area (Å²) in [5, 5.41) is 1.43. The van der Waals surface area contributed by atoms with Gasteiger partial charge in [-0.2, -0.15) is 0 Å². The number of aryl methyl sites for hydroxylation is 3. The van der Waals surface area contributed by atoms with Crippen molar-refractivity contribution in [3.8, 4) is 22.4 Å². The lowest BCUT2D eigenvalue weighted by molar-refractivity contribution is 1.31. The highest BCUT2D eigenvalue weighted by atomic mass is 28.3. The summed E-state index contributed by atoms with van der Waals surface area (Å²) in [5.41, 5.74) is 8.91. The van der Waals surface area contributed by atoms with Crippen molar-refractivity contribution in [3.63, 3.8) is 0 Å². The Hall–Kier alpha value is -2.19. The molecule has 2 aromatic carbocycles. The van der Waals surface area contributed by atoms with Crippen molar-refractivity contribution in [1.82, 2.24) is 4.98 Å². The Kier molecular flexibility index (Phi) is 4.66. The molecule has 0 N–H and O–H groups in total. The van der Waals surface area contributed by atoms with Crippen molar-refractivity contribution in [2.24, 2.45) is 0 Å². The first-order chi connectivity index (χ1) is 11.8. The van der Waals surface area contributed by atoms with Crippen LogP contribution in [0.25, 0.3) is 22.4 Å². The maximum absolute atomic E-state index is 4.83. The summed E-state index contributed by atoms with van der Waals surface area (Å²) in [6.45, 7) is 13.7. The fraction of sp³-hybridized carbons (Fsp3) is 0.261. The molecular formula is C23H27NSi. The molecule has 0 aliphatic carbocycles. The molecule has 0 fully saturated rings. The molecule has 0 bridgehead atoms. The van der Waals surface area contributed by atoms with E-state index in [0.29, 0.717) is 0 Å². The van der Waals surface area contributed by atoms with Gasteiger partial charge in [-0.1, -0.05) is 67.7 Å². The van der Waals surface area contributed by atoms with E-state index in [4.69, 9.17) is 4.98 Å². The molecule has 2 heteroatoms. The molecule has 128 valence electrons. The van der Waals surface area contributed by atoms with Gasteiger partial charge in [-0.05, 0) is 54.3 Å². The van der Waals surface area contributed by atoms with E-state index in [-0.39, 0.29) is 0 Å². The third-order valence-electron chi connectivity index (χ3n) is 4.81. The average Bonchev–Trinajstić information content (AvgIpc) is 2.54. The third kappa shape index (κ3) is 3.59. The minimum Gasteiger partial charge on any atom is -0.256 e. The van der Waals surface area contributed by atoms with Crippen LogP contribution in [0.2, 0.25) is 19.6 Å².